The second-order valence-electron chi connectivity index (χ2n) is 10.9. The number of hydrogen-bond acceptors (Lipinski definition) is 7. The van der Waals surface area contributed by atoms with Crippen LogP contribution in [-0.4, -0.2) is 64.3 Å². The van der Waals surface area contributed by atoms with E-state index in [1.54, 1.807) is 20.8 Å². The fraction of sp³-hybridized carbons (Fsp3) is 1.00. The Morgan fingerprint density at radius 1 is 0.545 bits per heavy atom. The third-order valence-corrected chi connectivity index (χ3v) is 5.69. The average molecular weight is 535 g/mol. The van der Waals surface area contributed by atoms with Gasteiger partial charge in [0, 0.05) is 21.7 Å². The van der Waals surface area contributed by atoms with Gasteiger partial charge in [0.1, 0.15) is 0 Å². The Kier molecular flexibility index (Phi) is 27.6. The molecule has 3 atom stereocenters. The molecule has 0 fully saturated rings. The molecule has 0 aromatic heterocycles. The molecule has 0 bridgehead atoms. The molecule has 0 aliphatic rings. The summed E-state index contributed by atoms with van der Waals surface area (Å²) in [6, 6.07) is 0. The Labute approximate surface area is 222 Å². The summed E-state index contributed by atoms with van der Waals surface area (Å²) in [4.78, 5) is 10.5. The number of rotatable bonds is 6. The summed E-state index contributed by atoms with van der Waals surface area (Å²) in [6.07, 6.45) is 2.24. The van der Waals surface area contributed by atoms with E-state index in [1.165, 1.54) is 0 Å². The minimum atomic E-state index is -3.66. The predicted molar refractivity (Wildman–Crippen MR) is 136 cm³/mol. The molecule has 0 aliphatic heterocycles. The van der Waals surface area contributed by atoms with Gasteiger partial charge in [0.15, 0.2) is 0 Å². The van der Waals surface area contributed by atoms with Gasteiger partial charge in [0.05, 0.1) is 35.1 Å². The molecule has 3 unspecified atom stereocenters. The number of aliphatic hydroxyl groups is 3. The molecule has 0 radical (unpaired) electrons. The maximum Gasteiger partial charge on any atom is 0.678 e. The Hall–Kier alpha value is 0.651. The van der Waals surface area contributed by atoms with Crippen LogP contribution in [0.5, 0.6) is 0 Å². The van der Waals surface area contributed by atoms with Gasteiger partial charge in [-0.05, 0) is 102 Å². The summed E-state index contributed by atoms with van der Waals surface area (Å²) in [7, 11) is -3.66. The first kappa shape index (κ1) is 43.7. The van der Waals surface area contributed by atoms with Crippen LogP contribution in [0.1, 0.15) is 123 Å². The average Bonchev–Trinajstić information content (AvgIpc) is 2.50. The SMILES string of the molecule is CC(C)(C)O[Si](O)(OC(C)(C)C)OC(C)(C)C.CCC(C)O.CCC(C)O.CCC(C)O.[Ti]. The largest absolute Gasteiger partial charge is 0.678 e. The van der Waals surface area contributed by atoms with Crippen LogP contribution >= 0.6 is 0 Å². The van der Waals surface area contributed by atoms with E-state index in [0.29, 0.717) is 0 Å². The van der Waals surface area contributed by atoms with Crippen LogP contribution in [-0.2, 0) is 35.0 Å². The molecule has 204 valence electrons. The van der Waals surface area contributed by atoms with Crippen molar-refractivity contribution in [3.63, 3.8) is 0 Å². The molecule has 4 N–H and O–H groups in total. The van der Waals surface area contributed by atoms with Crippen molar-refractivity contribution in [2.45, 2.75) is 158 Å². The predicted octanol–water partition coefficient (Wildman–Crippen LogP) is 5.19. The summed E-state index contributed by atoms with van der Waals surface area (Å²) in [5.74, 6) is 0. The van der Waals surface area contributed by atoms with Crippen LogP contribution in [0.15, 0.2) is 0 Å². The molecule has 0 aromatic carbocycles. The number of aliphatic hydroxyl groups excluding tert-OH is 3. The van der Waals surface area contributed by atoms with E-state index in [4.69, 9.17) is 28.6 Å². The molecule has 0 aromatic rings. The van der Waals surface area contributed by atoms with Crippen molar-refractivity contribution < 1.29 is 55.1 Å². The van der Waals surface area contributed by atoms with Crippen molar-refractivity contribution in [2.75, 3.05) is 0 Å². The van der Waals surface area contributed by atoms with E-state index >= 15 is 0 Å². The maximum absolute atomic E-state index is 10.5. The molecule has 7 nitrogen and oxygen atoms in total. The van der Waals surface area contributed by atoms with E-state index < -0.39 is 25.9 Å². The fourth-order valence-corrected chi connectivity index (χ4v) is 3.67. The zero-order valence-electron chi connectivity index (χ0n) is 24.4. The van der Waals surface area contributed by atoms with Crippen molar-refractivity contribution in [2.24, 2.45) is 0 Å². The van der Waals surface area contributed by atoms with Gasteiger partial charge in [0.25, 0.3) is 0 Å². The zero-order chi connectivity index (χ0) is 27.0. The van der Waals surface area contributed by atoms with Crippen molar-refractivity contribution >= 4 is 9.05 Å². The van der Waals surface area contributed by atoms with Crippen LogP contribution in [0.2, 0.25) is 0 Å². The first-order valence-corrected chi connectivity index (χ1v) is 13.5. The molecule has 0 saturated heterocycles. The first-order valence-electron chi connectivity index (χ1n) is 11.8. The van der Waals surface area contributed by atoms with Gasteiger partial charge in [0.2, 0.25) is 0 Å². The summed E-state index contributed by atoms with van der Waals surface area (Å²) < 4.78 is 16.9. The van der Waals surface area contributed by atoms with E-state index in [1.807, 2.05) is 83.1 Å². The van der Waals surface area contributed by atoms with Crippen LogP contribution in [0.4, 0.5) is 0 Å². The van der Waals surface area contributed by atoms with Gasteiger partial charge in [-0.2, -0.15) is 0 Å². The fourth-order valence-electron chi connectivity index (χ4n) is 1.22. The van der Waals surface area contributed by atoms with Gasteiger partial charge in [-0.15, -0.1) is 0 Å². The van der Waals surface area contributed by atoms with Crippen LogP contribution in [0.3, 0.4) is 0 Å². The van der Waals surface area contributed by atoms with Gasteiger partial charge >= 0.3 is 9.05 Å². The molecule has 0 rings (SSSR count). The van der Waals surface area contributed by atoms with Crippen molar-refractivity contribution in [1.29, 1.82) is 0 Å². The van der Waals surface area contributed by atoms with Gasteiger partial charge < -0.3 is 33.4 Å². The first-order chi connectivity index (χ1) is 13.9. The monoisotopic (exact) mass is 534 g/mol. The molecule has 0 spiro atoms. The zero-order valence-corrected chi connectivity index (χ0v) is 26.9. The summed E-state index contributed by atoms with van der Waals surface area (Å²) in [6.45, 7) is 28.0. The van der Waals surface area contributed by atoms with Crippen LogP contribution in [0, 0.1) is 0 Å². The molecule has 0 amide bonds. The smallest absolute Gasteiger partial charge is 0.393 e. The third kappa shape index (κ3) is 50.5. The summed E-state index contributed by atoms with van der Waals surface area (Å²) in [5, 5.41) is 25.1. The van der Waals surface area contributed by atoms with Gasteiger partial charge in [-0.1, -0.05) is 20.8 Å². The standard InChI is InChI=1S/C12H28O4Si.3C4H10O.Ti/c1-10(2,3)14-17(13,15-11(4,5)6)16-12(7,8)9;3*1-3-4(2)5;/h13H,1-9H3;3*4-5H,3H2,1-2H3;. The molecular formula is C24H58O7SiTi. The minimum absolute atomic E-state index is 0. The Balaban J connectivity index is -0.000000133. The Morgan fingerprint density at radius 3 is 0.727 bits per heavy atom. The van der Waals surface area contributed by atoms with Crippen molar-refractivity contribution in [1.82, 2.24) is 0 Å². The van der Waals surface area contributed by atoms with E-state index in [-0.39, 0.29) is 40.0 Å². The van der Waals surface area contributed by atoms with Crippen LogP contribution < -0.4 is 0 Å². The van der Waals surface area contributed by atoms with E-state index in [9.17, 15) is 4.80 Å². The molecule has 0 heterocycles. The maximum atomic E-state index is 10.5. The van der Waals surface area contributed by atoms with Gasteiger partial charge in [-0.25, -0.2) is 0 Å². The van der Waals surface area contributed by atoms with Crippen molar-refractivity contribution in [3.05, 3.63) is 0 Å². The van der Waals surface area contributed by atoms with E-state index in [0.717, 1.165) is 19.3 Å². The molecule has 33 heavy (non-hydrogen) atoms. The molecule has 9 heteroatoms. The molecular weight excluding hydrogens is 476 g/mol. The van der Waals surface area contributed by atoms with Crippen molar-refractivity contribution in [3.8, 4) is 0 Å². The van der Waals surface area contributed by atoms with E-state index in [2.05, 4.69) is 0 Å². The Morgan fingerprint density at radius 2 is 0.667 bits per heavy atom. The topological polar surface area (TPSA) is 109 Å². The minimum Gasteiger partial charge on any atom is -0.393 e. The second-order valence-corrected chi connectivity index (χ2v) is 12.6. The summed E-state index contributed by atoms with van der Waals surface area (Å²) >= 11 is 0. The second kappa shape index (κ2) is 20.8. The van der Waals surface area contributed by atoms with Gasteiger partial charge in [-0.3, -0.25) is 0 Å². The molecule has 0 saturated carbocycles. The quantitative estimate of drug-likeness (QED) is 0.347. The Bertz CT molecular complexity index is 353. The van der Waals surface area contributed by atoms with Crippen LogP contribution in [0.25, 0.3) is 0 Å². The number of hydrogen-bond donors (Lipinski definition) is 4. The summed E-state index contributed by atoms with van der Waals surface area (Å²) in [5.41, 5.74) is -1.55. The molecule has 0 aliphatic carbocycles. The normalized spacial score (nSPS) is 14.6. The third-order valence-electron chi connectivity index (χ3n) is 3.08.